The van der Waals surface area contributed by atoms with Gasteiger partial charge in [-0.3, -0.25) is 4.79 Å². The normalized spacial score (nSPS) is 11.8. The Morgan fingerprint density at radius 3 is 2.71 bits per heavy atom. The lowest BCUT2D eigenvalue weighted by Gasteiger charge is -2.19. The average molecular weight is 370 g/mol. The van der Waals surface area contributed by atoms with Crippen molar-refractivity contribution in [3.8, 4) is 5.75 Å². The first kappa shape index (κ1) is 15.7. The van der Waals surface area contributed by atoms with Gasteiger partial charge < -0.3 is 15.8 Å². The van der Waals surface area contributed by atoms with Crippen LogP contribution < -0.4 is 15.8 Å². The lowest BCUT2D eigenvalue weighted by molar-refractivity contribution is -0.118. The zero-order valence-electron chi connectivity index (χ0n) is 11.3. The standard InChI is InChI=1S/C15H14BrClN2O2/c1-21-11-4-2-3-10(8-11)19-14(15(18)20)12-6-5-9(17)7-13(12)16/h2-8,14,19H,1H3,(H2,18,20). The van der Waals surface area contributed by atoms with Crippen LogP contribution in [0.15, 0.2) is 46.9 Å². The number of nitrogens with two attached hydrogens (primary N) is 1. The van der Waals surface area contributed by atoms with Crippen molar-refractivity contribution in [2.75, 3.05) is 12.4 Å². The predicted octanol–water partition coefficient (Wildman–Crippen LogP) is 3.75. The number of carbonyl (C=O) groups is 1. The lowest BCUT2D eigenvalue weighted by Crippen LogP contribution is -2.28. The first-order valence-electron chi connectivity index (χ1n) is 6.16. The highest BCUT2D eigenvalue weighted by Gasteiger charge is 2.20. The number of primary amides is 1. The van der Waals surface area contributed by atoms with Crippen LogP contribution in [0.1, 0.15) is 11.6 Å². The Bertz CT molecular complexity index is 664. The van der Waals surface area contributed by atoms with Crippen LogP contribution in [0.5, 0.6) is 5.75 Å². The van der Waals surface area contributed by atoms with Crippen LogP contribution in [0.2, 0.25) is 5.02 Å². The minimum absolute atomic E-state index is 0.485. The van der Waals surface area contributed by atoms with E-state index >= 15 is 0 Å². The third kappa shape index (κ3) is 3.89. The fourth-order valence-corrected chi connectivity index (χ4v) is 2.83. The second kappa shape index (κ2) is 6.83. The summed E-state index contributed by atoms with van der Waals surface area (Å²) in [5.41, 5.74) is 6.96. The second-order valence-electron chi connectivity index (χ2n) is 4.38. The number of anilines is 1. The van der Waals surface area contributed by atoms with E-state index < -0.39 is 11.9 Å². The van der Waals surface area contributed by atoms with E-state index in [9.17, 15) is 4.79 Å². The highest BCUT2D eigenvalue weighted by atomic mass is 79.9. The van der Waals surface area contributed by atoms with E-state index in [0.717, 1.165) is 11.3 Å². The van der Waals surface area contributed by atoms with Gasteiger partial charge in [-0.05, 0) is 29.8 Å². The Kier molecular flexibility index (Phi) is 5.09. The van der Waals surface area contributed by atoms with Crippen molar-refractivity contribution in [3.63, 3.8) is 0 Å². The molecule has 0 aliphatic rings. The van der Waals surface area contributed by atoms with Crippen LogP contribution in [-0.2, 0) is 4.79 Å². The summed E-state index contributed by atoms with van der Waals surface area (Å²) >= 11 is 9.32. The zero-order chi connectivity index (χ0) is 15.4. The van der Waals surface area contributed by atoms with E-state index in [-0.39, 0.29) is 0 Å². The van der Waals surface area contributed by atoms with Crippen LogP contribution in [0.3, 0.4) is 0 Å². The molecule has 1 unspecified atom stereocenters. The molecule has 0 fully saturated rings. The molecule has 21 heavy (non-hydrogen) atoms. The van der Waals surface area contributed by atoms with Crippen molar-refractivity contribution in [1.82, 2.24) is 0 Å². The van der Waals surface area contributed by atoms with Gasteiger partial charge in [0.25, 0.3) is 0 Å². The van der Waals surface area contributed by atoms with Gasteiger partial charge in [0.15, 0.2) is 0 Å². The minimum Gasteiger partial charge on any atom is -0.497 e. The van der Waals surface area contributed by atoms with Crippen LogP contribution in [0.4, 0.5) is 5.69 Å². The summed E-state index contributed by atoms with van der Waals surface area (Å²) in [5, 5.41) is 3.68. The highest BCUT2D eigenvalue weighted by molar-refractivity contribution is 9.10. The number of amides is 1. The first-order chi connectivity index (χ1) is 10.0. The molecule has 4 nitrogen and oxygen atoms in total. The molecule has 0 heterocycles. The number of halogens is 2. The van der Waals surface area contributed by atoms with E-state index in [1.54, 1.807) is 31.4 Å². The van der Waals surface area contributed by atoms with Gasteiger partial charge in [0.05, 0.1) is 7.11 Å². The summed E-state index contributed by atoms with van der Waals surface area (Å²) in [6.07, 6.45) is 0. The predicted molar refractivity (Wildman–Crippen MR) is 87.7 cm³/mol. The first-order valence-corrected chi connectivity index (χ1v) is 7.33. The van der Waals surface area contributed by atoms with Gasteiger partial charge in [0.2, 0.25) is 5.91 Å². The molecule has 110 valence electrons. The molecule has 6 heteroatoms. The summed E-state index contributed by atoms with van der Waals surface area (Å²) in [7, 11) is 1.58. The van der Waals surface area contributed by atoms with Crippen molar-refractivity contribution in [2.24, 2.45) is 5.73 Å². The van der Waals surface area contributed by atoms with Gasteiger partial charge in [0, 0.05) is 21.2 Å². The molecular formula is C15H14BrClN2O2. The van der Waals surface area contributed by atoms with E-state index in [4.69, 9.17) is 22.1 Å². The third-order valence-corrected chi connectivity index (χ3v) is 3.86. The molecule has 0 saturated carbocycles. The maximum atomic E-state index is 11.8. The monoisotopic (exact) mass is 368 g/mol. The molecule has 0 aliphatic carbocycles. The van der Waals surface area contributed by atoms with Crippen LogP contribution >= 0.6 is 27.5 Å². The Morgan fingerprint density at radius 2 is 2.10 bits per heavy atom. The fourth-order valence-electron chi connectivity index (χ4n) is 1.92. The molecule has 2 rings (SSSR count). The Hall–Kier alpha value is -1.72. The largest absolute Gasteiger partial charge is 0.497 e. The Morgan fingerprint density at radius 1 is 1.33 bits per heavy atom. The maximum absolute atomic E-state index is 11.8. The topological polar surface area (TPSA) is 64.3 Å². The van der Waals surface area contributed by atoms with Gasteiger partial charge >= 0.3 is 0 Å². The summed E-state index contributed by atoms with van der Waals surface area (Å²) in [6, 6.07) is 11.8. The van der Waals surface area contributed by atoms with Gasteiger partial charge in [0.1, 0.15) is 11.8 Å². The molecule has 0 bridgehead atoms. The molecule has 2 aromatic rings. The zero-order valence-corrected chi connectivity index (χ0v) is 13.6. The van der Waals surface area contributed by atoms with Crippen molar-refractivity contribution in [2.45, 2.75) is 6.04 Å². The Labute approximate surface area is 136 Å². The maximum Gasteiger partial charge on any atom is 0.244 e. The SMILES string of the molecule is COc1cccc(NC(C(N)=O)c2ccc(Cl)cc2Br)c1. The second-order valence-corrected chi connectivity index (χ2v) is 5.67. The molecule has 0 aromatic heterocycles. The number of benzene rings is 2. The van der Waals surface area contributed by atoms with Crippen LogP contribution in [-0.4, -0.2) is 13.0 Å². The van der Waals surface area contributed by atoms with E-state index in [1.165, 1.54) is 0 Å². The fraction of sp³-hybridized carbons (Fsp3) is 0.133. The highest BCUT2D eigenvalue weighted by Crippen LogP contribution is 2.29. The van der Waals surface area contributed by atoms with Crippen molar-refractivity contribution in [3.05, 3.63) is 57.5 Å². The number of carbonyl (C=O) groups excluding carboxylic acids is 1. The van der Waals surface area contributed by atoms with E-state index in [2.05, 4.69) is 21.2 Å². The average Bonchev–Trinajstić information content (AvgIpc) is 2.45. The number of nitrogens with one attached hydrogen (secondary N) is 1. The molecule has 0 aliphatic heterocycles. The summed E-state index contributed by atoms with van der Waals surface area (Å²) in [4.78, 5) is 11.8. The molecule has 3 N–H and O–H groups in total. The molecule has 0 spiro atoms. The Balaban J connectivity index is 2.33. The van der Waals surface area contributed by atoms with Crippen molar-refractivity contribution >= 4 is 39.1 Å². The molecule has 1 amide bonds. The van der Waals surface area contributed by atoms with Crippen LogP contribution in [0, 0.1) is 0 Å². The number of rotatable bonds is 5. The number of methoxy groups -OCH3 is 1. The smallest absolute Gasteiger partial charge is 0.244 e. The van der Waals surface area contributed by atoms with Gasteiger partial charge in [-0.15, -0.1) is 0 Å². The summed E-state index contributed by atoms with van der Waals surface area (Å²) < 4.78 is 5.88. The van der Waals surface area contributed by atoms with Crippen LogP contribution in [0.25, 0.3) is 0 Å². The van der Waals surface area contributed by atoms with Crippen molar-refractivity contribution < 1.29 is 9.53 Å². The number of hydrogen-bond donors (Lipinski definition) is 2. The van der Waals surface area contributed by atoms with Crippen molar-refractivity contribution in [1.29, 1.82) is 0 Å². The summed E-state index contributed by atoms with van der Waals surface area (Å²) in [6.45, 7) is 0. The minimum atomic E-state index is -0.677. The molecule has 0 radical (unpaired) electrons. The number of hydrogen-bond acceptors (Lipinski definition) is 3. The number of ether oxygens (including phenoxy) is 1. The van der Waals surface area contributed by atoms with E-state index in [0.29, 0.717) is 15.2 Å². The molecule has 1 atom stereocenters. The third-order valence-electron chi connectivity index (χ3n) is 2.94. The molecule has 2 aromatic carbocycles. The van der Waals surface area contributed by atoms with Gasteiger partial charge in [-0.2, -0.15) is 0 Å². The molecule has 0 saturated heterocycles. The molecular weight excluding hydrogens is 356 g/mol. The van der Waals surface area contributed by atoms with Gasteiger partial charge in [-0.1, -0.05) is 39.7 Å². The quantitative estimate of drug-likeness (QED) is 0.843. The van der Waals surface area contributed by atoms with Gasteiger partial charge in [-0.25, -0.2) is 0 Å². The van der Waals surface area contributed by atoms with E-state index in [1.807, 2.05) is 18.2 Å². The summed E-state index contributed by atoms with van der Waals surface area (Å²) in [5.74, 6) is 0.208. The lowest BCUT2D eigenvalue weighted by atomic mass is 10.1.